The Hall–Kier alpha value is -0.830. The molecule has 0 aliphatic rings. The Labute approximate surface area is 111 Å². The van der Waals surface area contributed by atoms with Gasteiger partial charge in [-0.2, -0.15) is 5.10 Å². The maximum absolute atomic E-state index is 5.62. The first-order chi connectivity index (χ1) is 8.15. The molecule has 0 saturated carbocycles. The molecule has 3 N–H and O–H groups in total. The van der Waals surface area contributed by atoms with Crippen LogP contribution in [0.2, 0.25) is 0 Å². The van der Waals surface area contributed by atoms with Crippen molar-refractivity contribution in [2.75, 3.05) is 0 Å². The highest BCUT2D eigenvalue weighted by atomic mass is 79.9. The number of halogens is 1. The lowest BCUT2D eigenvalue weighted by atomic mass is 10.1. The monoisotopic (exact) mass is 316 g/mol. The van der Waals surface area contributed by atoms with Gasteiger partial charge in [0.2, 0.25) is 0 Å². The summed E-state index contributed by atoms with van der Waals surface area (Å²) in [6, 6.07) is 0.0340. The average Bonchev–Trinajstić information content (AvgIpc) is 2.91. The molecule has 1 atom stereocenters. The van der Waals surface area contributed by atoms with Gasteiger partial charge in [-0.05, 0) is 41.3 Å². The van der Waals surface area contributed by atoms with Crippen LogP contribution in [0.25, 0.3) is 0 Å². The van der Waals surface area contributed by atoms with E-state index in [4.69, 9.17) is 5.84 Å². The van der Waals surface area contributed by atoms with Gasteiger partial charge >= 0.3 is 0 Å². The van der Waals surface area contributed by atoms with Crippen molar-refractivity contribution in [2.45, 2.75) is 25.9 Å². The van der Waals surface area contributed by atoms with Crippen LogP contribution in [0.15, 0.2) is 16.0 Å². The van der Waals surface area contributed by atoms with Crippen LogP contribution in [0.4, 0.5) is 0 Å². The van der Waals surface area contributed by atoms with Gasteiger partial charge in [-0.1, -0.05) is 4.49 Å². The number of nitrogens with zero attached hydrogens (tertiary/aromatic N) is 4. The first kappa shape index (κ1) is 12.6. The van der Waals surface area contributed by atoms with Crippen molar-refractivity contribution in [2.24, 2.45) is 5.84 Å². The molecule has 0 aliphatic carbocycles. The maximum atomic E-state index is 5.62. The van der Waals surface area contributed by atoms with Crippen molar-refractivity contribution in [3.05, 3.63) is 27.4 Å². The minimum atomic E-state index is -0.215. The molecule has 92 valence electrons. The highest BCUT2D eigenvalue weighted by molar-refractivity contribution is 9.10. The summed E-state index contributed by atoms with van der Waals surface area (Å²) in [7, 11) is 0. The van der Waals surface area contributed by atoms with E-state index in [0.29, 0.717) is 0 Å². The van der Waals surface area contributed by atoms with Crippen molar-refractivity contribution in [1.29, 1.82) is 0 Å². The molecule has 0 aromatic carbocycles. The number of hydrogen-bond donors (Lipinski definition) is 2. The first-order valence-corrected chi connectivity index (χ1v) is 6.74. The third-order valence-electron chi connectivity index (χ3n) is 2.39. The third kappa shape index (κ3) is 2.39. The fraction of sp³-hybridized carbons (Fsp3) is 0.444. The Kier molecular flexibility index (Phi) is 3.87. The summed E-state index contributed by atoms with van der Waals surface area (Å²) in [6.45, 7) is 4.13. The molecule has 0 aliphatic heterocycles. The van der Waals surface area contributed by atoms with Crippen LogP contribution in [-0.4, -0.2) is 19.4 Å². The smallest absolute Gasteiger partial charge is 0.109 e. The van der Waals surface area contributed by atoms with E-state index in [2.05, 4.69) is 49.9 Å². The molecule has 0 spiro atoms. The van der Waals surface area contributed by atoms with Gasteiger partial charge in [-0.3, -0.25) is 10.5 Å². The summed E-state index contributed by atoms with van der Waals surface area (Å²) in [5.74, 6) is 5.62. The van der Waals surface area contributed by atoms with Crippen molar-refractivity contribution in [3.63, 3.8) is 0 Å². The lowest BCUT2D eigenvalue weighted by Crippen LogP contribution is -2.31. The van der Waals surface area contributed by atoms with Crippen LogP contribution >= 0.6 is 27.5 Å². The predicted octanol–water partition coefficient (Wildman–Crippen LogP) is 1.63. The number of nitrogens with two attached hydrogens (primary N) is 1. The third-order valence-corrected chi connectivity index (χ3v) is 3.52. The summed E-state index contributed by atoms with van der Waals surface area (Å²) in [4.78, 5) is 0. The fourth-order valence-corrected chi connectivity index (χ4v) is 2.62. The summed E-state index contributed by atoms with van der Waals surface area (Å²) < 4.78 is 6.67. The lowest BCUT2D eigenvalue weighted by Gasteiger charge is -2.18. The SMILES string of the molecule is CC(C)n1ncc(Br)c1C(NN)c1csnn1. The molecule has 6 nitrogen and oxygen atoms in total. The van der Waals surface area contributed by atoms with E-state index in [0.717, 1.165) is 15.9 Å². The number of hydrogen-bond acceptors (Lipinski definition) is 6. The quantitative estimate of drug-likeness (QED) is 0.662. The zero-order chi connectivity index (χ0) is 12.4. The van der Waals surface area contributed by atoms with Crippen LogP contribution in [-0.2, 0) is 0 Å². The molecule has 0 saturated heterocycles. The number of aromatic nitrogens is 4. The fourth-order valence-electron chi connectivity index (χ4n) is 1.63. The lowest BCUT2D eigenvalue weighted by molar-refractivity contribution is 0.471. The second-order valence-corrected chi connectivity index (χ2v) is 5.31. The summed E-state index contributed by atoms with van der Waals surface area (Å²) >= 11 is 4.79. The molecule has 2 aromatic rings. The van der Waals surface area contributed by atoms with Crippen LogP contribution in [0.1, 0.15) is 37.3 Å². The van der Waals surface area contributed by atoms with E-state index in [1.807, 2.05) is 10.1 Å². The normalized spacial score (nSPS) is 13.2. The van der Waals surface area contributed by atoms with Gasteiger partial charge in [0.1, 0.15) is 6.04 Å². The Bertz CT molecular complexity index is 480. The number of nitrogens with one attached hydrogen (secondary N) is 1. The zero-order valence-corrected chi connectivity index (χ0v) is 11.9. The summed E-state index contributed by atoms with van der Waals surface area (Å²) in [6.07, 6.45) is 1.76. The molecule has 2 aromatic heterocycles. The Balaban J connectivity index is 2.47. The van der Waals surface area contributed by atoms with Gasteiger partial charge in [0.05, 0.1) is 22.1 Å². The van der Waals surface area contributed by atoms with E-state index in [1.165, 1.54) is 11.5 Å². The van der Waals surface area contributed by atoms with Crippen LogP contribution in [0.3, 0.4) is 0 Å². The standard InChI is InChI=1S/C9H13BrN6S/c1-5(2)16-9(6(10)3-12-16)8(13-11)7-4-17-15-14-7/h3-5,8,13H,11H2,1-2H3. The second kappa shape index (κ2) is 5.21. The van der Waals surface area contributed by atoms with E-state index in [9.17, 15) is 0 Å². The molecule has 17 heavy (non-hydrogen) atoms. The average molecular weight is 317 g/mol. The van der Waals surface area contributed by atoms with Gasteiger partial charge in [0, 0.05) is 11.4 Å². The second-order valence-electron chi connectivity index (χ2n) is 3.85. The van der Waals surface area contributed by atoms with E-state index in [1.54, 1.807) is 6.20 Å². The number of hydrazine groups is 1. The minimum absolute atomic E-state index is 0.215. The van der Waals surface area contributed by atoms with Gasteiger partial charge in [0.25, 0.3) is 0 Å². The van der Waals surface area contributed by atoms with Crippen molar-refractivity contribution >= 4 is 27.5 Å². The maximum Gasteiger partial charge on any atom is 0.109 e. The Morgan fingerprint density at radius 2 is 2.29 bits per heavy atom. The molecule has 0 amide bonds. The van der Waals surface area contributed by atoms with E-state index < -0.39 is 0 Å². The van der Waals surface area contributed by atoms with E-state index >= 15 is 0 Å². The molecular weight excluding hydrogens is 304 g/mol. The van der Waals surface area contributed by atoms with Crippen LogP contribution in [0.5, 0.6) is 0 Å². The van der Waals surface area contributed by atoms with Gasteiger partial charge in [-0.15, -0.1) is 5.10 Å². The highest BCUT2D eigenvalue weighted by Crippen LogP contribution is 2.29. The number of rotatable bonds is 4. The Morgan fingerprint density at radius 3 is 2.82 bits per heavy atom. The molecule has 2 heterocycles. The summed E-state index contributed by atoms with van der Waals surface area (Å²) in [5.41, 5.74) is 4.50. The molecule has 8 heteroatoms. The van der Waals surface area contributed by atoms with E-state index in [-0.39, 0.29) is 12.1 Å². The largest absolute Gasteiger partial charge is 0.270 e. The van der Waals surface area contributed by atoms with Crippen LogP contribution in [0, 0.1) is 0 Å². The molecule has 2 rings (SSSR count). The predicted molar refractivity (Wildman–Crippen MR) is 69.4 cm³/mol. The van der Waals surface area contributed by atoms with Crippen LogP contribution < -0.4 is 11.3 Å². The molecule has 0 radical (unpaired) electrons. The van der Waals surface area contributed by atoms with Crippen molar-refractivity contribution in [1.82, 2.24) is 24.8 Å². The zero-order valence-electron chi connectivity index (χ0n) is 9.46. The highest BCUT2D eigenvalue weighted by Gasteiger charge is 2.23. The summed E-state index contributed by atoms with van der Waals surface area (Å²) in [5, 5.41) is 10.2. The van der Waals surface area contributed by atoms with Crippen molar-refractivity contribution < 1.29 is 0 Å². The minimum Gasteiger partial charge on any atom is -0.270 e. The van der Waals surface area contributed by atoms with Gasteiger partial charge in [-0.25, -0.2) is 5.43 Å². The molecule has 0 bridgehead atoms. The first-order valence-electron chi connectivity index (χ1n) is 5.11. The van der Waals surface area contributed by atoms with Gasteiger partial charge < -0.3 is 0 Å². The molecule has 0 fully saturated rings. The topological polar surface area (TPSA) is 81.7 Å². The van der Waals surface area contributed by atoms with Crippen molar-refractivity contribution in [3.8, 4) is 0 Å². The Morgan fingerprint density at radius 1 is 1.53 bits per heavy atom. The molecule has 1 unspecified atom stereocenters. The molecular formula is C9H13BrN6S. The van der Waals surface area contributed by atoms with Gasteiger partial charge in [0.15, 0.2) is 0 Å².